The fourth-order valence-corrected chi connectivity index (χ4v) is 4.26. The van der Waals surface area contributed by atoms with E-state index in [1.54, 1.807) is 12.4 Å². The summed E-state index contributed by atoms with van der Waals surface area (Å²) in [5.74, 6) is -1.88. The van der Waals surface area contributed by atoms with Crippen molar-refractivity contribution >= 4 is 28.5 Å². The number of para-hydroxylation sites is 1. The molecule has 0 spiro atoms. The number of ether oxygens (including phenoxy) is 1. The van der Waals surface area contributed by atoms with Gasteiger partial charge in [0, 0.05) is 41.3 Å². The highest BCUT2D eigenvalue weighted by Gasteiger charge is 2.19. The normalized spacial score (nSPS) is 10.9. The van der Waals surface area contributed by atoms with Gasteiger partial charge in [-0.15, -0.1) is 0 Å². The third kappa shape index (κ3) is 5.81. The van der Waals surface area contributed by atoms with Gasteiger partial charge in [-0.1, -0.05) is 24.3 Å². The fraction of sp³-hybridized carbons (Fsp3) is 0.138. The Kier molecular flexibility index (Phi) is 7.37. The summed E-state index contributed by atoms with van der Waals surface area (Å²) in [5.41, 5.74) is 10.1. The van der Waals surface area contributed by atoms with Crippen LogP contribution in [-0.2, 0) is 16.1 Å². The van der Waals surface area contributed by atoms with Crippen LogP contribution in [0.3, 0.4) is 0 Å². The van der Waals surface area contributed by atoms with E-state index in [-0.39, 0.29) is 30.9 Å². The maximum atomic E-state index is 14.2. The predicted molar refractivity (Wildman–Crippen MR) is 145 cm³/mol. The average molecular weight is 525 g/mol. The summed E-state index contributed by atoms with van der Waals surface area (Å²) in [6.07, 6.45) is 3.51. The number of esters is 1. The van der Waals surface area contributed by atoms with Crippen LogP contribution < -0.4 is 11.1 Å². The number of hydrogen-bond donors (Lipinski definition) is 2. The van der Waals surface area contributed by atoms with E-state index in [1.165, 1.54) is 10.7 Å². The van der Waals surface area contributed by atoms with Gasteiger partial charge in [-0.25, -0.2) is 9.18 Å². The Labute approximate surface area is 223 Å². The lowest BCUT2D eigenvalue weighted by Gasteiger charge is -2.08. The minimum absolute atomic E-state index is 0.00354. The standard InChI is InChI=1S/C29H25FN6O3/c1-18-5-4-8-26(33-18)28-24(22-9-11-32-25-7-3-2-6-23(22)25)16-36(35-28)17-27(37)34-21-14-19(13-20(30)15-21)29(38)39-12-10-31/h2-9,11,13-16H,10,12,17,31H2,1H3,(H,34,37). The summed E-state index contributed by atoms with van der Waals surface area (Å²) in [7, 11) is 0. The van der Waals surface area contributed by atoms with Crippen molar-refractivity contribution in [2.45, 2.75) is 13.5 Å². The van der Waals surface area contributed by atoms with Gasteiger partial charge < -0.3 is 15.8 Å². The lowest BCUT2D eigenvalue weighted by atomic mass is 10.0. The highest BCUT2D eigenvalue weighted by atomic mass is 19.1. The number of halogens is 1. The molecule has 5 rings (SSSR count). The maximum Gasteiger partial charge on any atom is 0.338 e. The molecule has 2 aromatic carbocycles. The maximum absolute atomic E-state index is 14.2. The molecule has 196 valence electrons. The molecule has 1 amide bonds. The summed E-state index contributed by atoms with van der Waals surface area (Å²) in [5, 5.41) is 8.26. The number of aromatic nitrogens is 4. The molecule has 0 unspecified atom stereocenters. The van der Waals surface area contributed by atoms with Crippen LogP contribution in [0.4, 0.5) is 10.1 Å². The largest absolute Gasteiger partial charge is 0.461 e. The molecule has 3 aromatic heterocycles. The van der Waals surface area contributed by atoms with Crippen LogP contribution in [0.15, 0.2) is 79.1 Å². The first kappa shape index (κ1) is 25.7. The number of pyridine rings is 2. The van der Waals surface area contributed by atoms with Gasteiger partial charge in [-0.2, -0.15) is 5.10 Å². The van der Waals surface area contributed by atoms with E-state index in [1.807, 2.05) is 55.5 Å². The lowest BCUT2D eigenvalue weighted by molar-refractivity contribution is -0.116. The van der Waals surface area contributed by atoms with Crippen LogP contribution in [0.25, 0.3) is 33.4 Å². The molecule has 0 radical (unpaired) electrons. The van der Waals surface area contributed by atoms with Crippen LogP contribution in [0.5, 0.6) is 0 Å². The summed E-state index contributed by atoms with van der Waals surface area (Å²) < 4.78 is 20.6. The first-order valence-corrected chi connectivity index (χ1v) is 12.2. The van der Waals surface area contributed by atoms with Gasteiger partial charge in [0.2, 0.25) is 5.91 Å². The van der Waals surface area contributed by atoms with Crippen LogP contribution in [0.1, 0.15) is 16.1 Å². The van der Waals surface area contributed by atoms with Crippen molar-refractivity contribution in [2.75, 3.05) is 18.5 Å². The van der Waals surface area contributed by atoms with Crippen molar-refractivity contribution < 1.29 is 18.7 Å². The monoisotopic (exact) mass is 524 g/mol. The molecule has 3 N–H and O–H groups in total. The minimum Gasteiger partial charge on any atom is -0.461 e. The van der Waals surface area contributed by atoms with Crippen molar-refractivity contribution in [3.05, 3.63) is 96.2 Å². The Hall–Kier alpha value is -4.96. The van der Waals surface area contributed by atoms with Crippen LogP contribution in [0, 0.1) is 12.7 Å². The number of hydrogen-bond acceptors (Lipinski definition) is 7. The summed E-state index contributed by atoms with van der Waals surface area (Å²) >= 11 is 0. The second-order valence-electron chi connectivity index (χ2n) is 8.83. The number of fused-ring (bicyclic) bond motifs is 1. The van der Waals surface area contributed by atoms with Gasteiger partial charge in [0.15, 0.2) is 0 Å². The quantitative estimate of drug-likeness (QED) is 0.289. The van der Waals surface area contributed by atoms with Crippen molar-refractivity contribution in [3.63, 3.8) is 0 Å². The first-order valence-electron chi connectivity index (χ1n) is 12.2. The average Bonchev–Trinajstić information content (AvgIpc) is 3.34. The third-order valence-corrected chi connectivity index (χ3v) is 5.91. The molecule has 0 aliphatic carbocycles. The topological polar surface area (TPSA) is 125 Å². The number of anilines is 1. The molecule has 0 atom stereocenters. The van der Waals surface area contributed by atoms with Gasteiger partial charge in [0.1, 0.15) is 24.7 Å². The molecule has 10 heteroatoms. The smallest absolute Gasteiger partial charge is 0.338 e. The molecule has 3 heterocycles. The molecular formula is C29H25FN6O3. The predicted octanol–water partition coefficient (Wildman–Crippen LogP) is 4.36. The number of carbonyl (C=O) groups is 2. The minimum atomic E-state index is -0.730. The van der Waals surface area contributed by atoms with E-state index in [2.05, 4.69) is 15.3 Å². The number of nitrogens with one attached hydrogen (secondary N) is 1. The summed E-state index contributed by atoms with van der Waals surface area (Å²) in [6.45, 7) is 1.88. The Morgan fingerprint density at radius 1 is 1.05 bits per heavy atom. The van der Waals surface area contributed by atoms with Gasteiger partial charge in [0.05, 0.1) is 16.8 Å². The lowest BCUT2D eigenvalue weighted by Crippen LogP contribution is -2.20. The summed E-state index contributed by atoms with van der Waals surface area (Å²) in [4.78, 5) is 34.2. The van der Waals surface area contributed by atoms with Crippen molar-refractivity contribution in [3.8, 4) is 22.5 Å². The molecule has 0 fully saturated rings. The highest BCUT2D eigenvalue weighted by Crippen LogP contribution is 2.34. The zero-order valence-electron chi connectivity index (χ0n) is 21.1. The first-order chi connectivity index (χ1) is 18.9. The summed E-state index contributed by atoms with van der Waals surface area (Å²) in [6, 6.07) is 18.8. The van der Waals surface area contributed by atoms with E-state index in [4.69, 9.17) is 15.6 Å². The van der Waals surface area contributed by atoms with Crippen molar-refractivity contribution in [1.82, 2.24) is 19.7 Å². The highest BCUT2D eigenvalue weighted by molar-refractivity contribution is 5.98. The number of benzene rings is 2. The molecule has 0 saturated carbocycles. The SMILES string of the molecule is Cc1cccc(-c2nn(CC(=O)Nc3cc(F)cc(C(=O)OCCN)c3)cc2-c2ccnc3ccccc23)n1. The van der Waals surface area contributed by atoms with Gasteiger partial charge in [-0.3, -0.25) is 19.4 Å². The second-order valence-corrected chi connectivity index (χ2v) is 8.83. The number of aryl methyl sites for hydroxylation is 1. The van der Waals surface area contributed by atoms with E-state index in [9.17, 15) is 14.0 Å². The molecular weight excluding hydrogens is 499 g/mol. The fourth-order valence-electron chi connectivity index (χ4n) is 4.26. The van der Waals surface area contributed by atoms with E-state index in [0.717, 1.165) is 39.9 Å². The molecule has 9 nitrogen and oxygen atoms in total. The van der Waals surface area contributed by atoms with Crippen LogP contribution >= 0.6 is 0 Å². The number of carbonyl (C=O) groups excluding carboxylic acids is 2. The number of amides is 1. The third-order valence-electron chi connectivity index (χ3n) is 5.91. The van der Waals surface area contributed by atoms with Crippen LogP contribution in [-0.4, -0.2) is 44.8 Å². The Bertz CT molecular complexity index is 1680. The van der Waals surface area contributed by atoms with Gasteiger partial charge in [-0.05, 0) is 55.0 Å². The van der Waals surface area contributed by atoms with E-state index < -0.39 is 17.7 Å². The van der Waals surface area contributed by atoms with Crippen molar-refractivity contribution in [1.29, 1.82) is 0 Å². The number of rotatable bonds is 8. The van der Waals surface area contributed by atoms with E-state index in [0.29, 0.717) is 11.4 Å². The van der Waals surface area contributed by atoms with Crippen molar-refractivity contribution in [2.24, 2.45) is 5.73 Å². The number of nitrogens with zero attached hydrogens (tertiary/aromatic N) is 4. The Morgan fingerprint density at radius 3 is 2.72 bits per heavy atom. The number of nitrogens with two attached hydrogens (primary N) is 1. The van der Waals surface area contributed by atoms with E-state index >= 15 is 0 Å². The molecule has 0 aliphatic heterocycles. The Morgan fingerprint density at radius 2 is 1.90 bits per heavy atom. The molecule has 5 aromatic rings. The zero-order chi connectivity index (χ0) is 27.4. The van der Waals surface area contributed by atoms with Crippen LogP contribution in [0.2, 0.25) is 0 Å². The Balaban J connectivity index is 1.46. The molecule has 0 bridgehead atoms. The molecule has 0 saturated heterocycles. The molecule has 39 heavy (non-hydrogen) atoms. The zero-order valence-corrected chi connectivity index (χ0v) is 21.1. The second kappa shape index (κ2) is 11.2. The van der Waals surface area contributed by atoms with Gasteiger partial charge >= 0.3 is 5.97 Å². The molecule has 0 aliphatic rings. The van der Waals surface area contributed by atoms with Gasteiger partial charge in [0.25, 0.3) is 0 Å².